The number of guanidine groups is 1. The largest absolute Gasteiger partial charge is 0.493 e. The molecule has 7 heteroatoms. The van der Waals surface area contributed by atoms with Crippen LogP contribution < -0.4 is 20.1 Å². The van der Waals surface area contributed by atoms with Crippen LogP contribution in [0.15, 0.2) is 23.2 Å². The number of nitrogens with zero attached hydrogens (tertiary/aromatic N) is 1. The number of nitrogens with one attached hydrogen (secondary N) is 2. The molecule has 0 aliphatic rings. The van der Waals surface area contributed by atoms with Crippen LogP contribution >= 0.6 is 24.0 Å². The van der Waals surface area contributed by atoms with E-state index in [4.69, 9.17) is 14.2 Å². The maximum Gasteiger partial charge on any atom is 0.190 e. The first kappa shape index (κ1) is 23.8. The Labute approximate surface area is 168 Å². The average molecular weight is 465 g/mol. The molecule has 0 heterocycles. The molecule has 0 saturated heterocycles. The lowest BCUT2D eigenvalue weighted by Crippen LogP contribution is -2.38. The number of benzene rings is 1. The number of halogens is 1. The van der Waals surface area contributed by atoms with Crippen LogP contribution in [0.5, 0.6) is 11.5 Å². The zero-order chi connectivity index (χ0) is 17.6. The summed E-state index contributed by atoms with van der Waals surface area (Å²) in [6.45, 7) is 5.32. The van der Waals surface area contributed by atoms with Gasteiger partial charge in [-0.1, -0.05) is 6.07 Å². The lowest BCUT2D eigenvalue weighted by molar-refractivity contribution is 0.143. The molecule has 0 amide bonds. The molecule has 0 atom stereocenters. The Morgan fingerprint density at radius 1 is 1.04 bits per heavy atom. The third-order valence-electron chi connectivity index (χ3n) is 3.59. The highest BCUT2D eigenvalue weighted by molar-refractivity contribution is 14.0. The van der Waals surface area contributed by atoms with Gasteiger partial charge in [-0.2, -0.15) is 0 Å². The quantitative estimate of drug-likeness (QED) is 0.228. The molecule has 0 aromatic heterocycles. The average Bonchev–Trinajstić information content (AvgIpc) is 2.62. The molecular weight excluding hydrogens is 433 g/mol. The van der Waals surface area contributed by atoms with Crippen LogP contribution in [0.25, 0.3) is 0 Å². The topological polar surface area (TPSA) is 64.1 Å². The summed E-state index contributed by atoms with van der Waals surface area (Å²) < 4.78 is 15.9. The van der Waals surface area contributed by atoms with Crippen LogP contribution in [0.4, 0.5) is 0 Å². The van der Waals surface area contributed by atoms with Crippen molar-refractivity contribution in [3.8, 4) is 11.5 Å². The number of ether oxygens (including phenoxy) is 3. The summed E-state index contributed by atoms with van der Waals surface area (Å²) in [6.07, 6.45) is 3.01. The fourth-order valence-electron chi connectivity index (χ4n) is 2.26. The number of hydrogen-bond donors (Lipinski definition) is 2. The molecular formula is C18H32IN3O3. The van der Waals surface area contributed by atoms with Crippen molar-refractivity contribution in [1.82, 2.24) is 10.6 Å². The second kappa shape index (κ2) is 15.1. The first-order chi connectivity index (χ1) is 11.7. The predicted molar refractivity (Wildman–Crippen MR) is 114 cm³/mol. The summed E-state index contributed by atoms with van der Waals surface area (Å²) in [5, 5.41) is 6.63. The smallest absolute Gasteiger partial charge is 0.190 e. The first-order valence-electron chi connectivity index (χ1n) is 8.48. The summed E-state index contributed by atoms with van der Waals surface area (Å²) in [5.41, 5.74) is 1.19. The molecule has 1 aromatic rings. The molecule has 0 saturated carbocycles. The maximum atomic E-state index is 5.33. The Morgan fingerprint density at radius 3 is 2.40 bits per heavy atom. The van der Waals surface area contributed by atoms with E-state index in [1.54, 1.807) is 21.3 Å². The highest BCUT2D eigenvalue weighted by atomic mass is 127. The van der Waals surface area contributed by atoms with Gasteiger partial charge in [0.05, 0.1) is 14.2 Å². The molecule has 1 aromatic carbocycles. The van der Waals surface area contributed by atoms with E-state index in [9.17, 15) is 0 Å². The van der Waals surface area contributed by atoms with Crippen molar-refractivity contribution in [2.45, 2.75) is 26.2 Å². The molecule has 6 nitrogen and oxygen atoms in total. The molecule has 0 radical (unpaired) electrons. The Balaban J connectivity index is 0.00000576. The minimum absolute atomic E-state index is 0. The van der Waals surface area contributed by atoms with Gasteiger partial charge in [0.15, 0.2) is 17.5 Å². The fraction of sp³-hybridized carbons (Fsp3) is 0.611. The van der Waals surface area contributed by atoms with Gasteiger partial charge >= 0.3 is 0 Å². The molecule has 0 fully saturated rings. The second-order valence-electron chi connectivity index (χ2n) is 5.27. The third-order valence-corrected chi connectivity index (χ3v) is 3.59. The molecule has 0 spiro atoms. The van der Waals surface area contributed by atoms with Gasteiger partial charge in [-0.15, -0.1) is 24.0 Å². The van der Waals surface area contributed by atoms with Gasteiger partial charge in [-0.3, -0.25) is 4.99 Å². The lowest BCUT2D eigenvalue weighted by Gasteiger charge is -2.13. The standard InChI is InChI=1S/C18H31N3O3.HI/c1-5-24-13-7-6-11-20-18(19-2)21-12-10-15-8-9-16(22-3)17(14-15)23-4;/h8-9,14H,5-7,10-13H2,1-4H3,(H2,19,20,21);1H. The van der Waals surface area contributed by atoms with E-state index in [1.165, 1.54) is 5.56 Å². The van der Waals surface area contributed by atoms with Crippen molar-refractivity contribution < 1.29 is 14.2 Å². The number of hydrogen-bond acceptors (Lipinski definition) is 4. The van der Waals surface area contributed by atoms with Gasteiger partial charge in [0.1, 0.15) is 0 Å². The van der Waals surface area contributed by atoms with Crippen molar-refractivity contribution in [2.24, 2.45) is 4.99 Å². The van der Waals surface area contributed by atoms with E-state index < -0.39 is 0 Å². The predicted octanol–water partition coefficient (Wildman–Crippen LogP) is 2.85. The minimum atomic E-state index is 0. The highest BCUT2D eigenvalue weighted by Gasteiger charge is 2.04. The zero-order valence-corrected chi connectivity index (χ0v) is 18.1. The van der Waals surface area contributed by atoms with Crippen LogP contribution in [0.1, 0.15) is 25.3 Å². The molecule has 2 N–H and O–H groups in total. The zero-order valence-electron chi connectivity index (χ0n) is 15.8. The summed E-state index contributed by atoms with van der Waals surface area (Å²) >= 11 is 0. The Bertz CT molecular complexity index is 498. The van der Waals surface area contributed by atoms with Crippen molar-refractivity contribution in [1.29, 1.82) is 0 Å². The molecule has 0 aliphatic heterocycles. The molecule has 25 heavy (non-hydrogen) atoms. The normalized spacial score (nSPS) is 10.8. The molecule has 0 unspecified atom stereocenters. The first-order valence-corrected chi connectivity index (χ1v) is 8.48. The third kappa shape index (κ3) is 9.74. The lowest BCUT2D eigenvalue weighted by atomic mass is 10.1. The summed E-state index contributed by atoms with van der Waals surface area (Å²) in [6, 6.07) is 5.98. The number of methoxy groups -OCH3 is 2. The monoisotopic (exact) mass is 465 g/mol. The van der Waals surface area contributed by atoms with Gasteiger partial charge in [-0.25, -0.2) is 0 Å². The number of rotatable bonds is 11. The molecule has 1 rings (SSSR count). The maximum absolute atomic E-state index is 5.33. The van der Waals surface area contributed by atoms with Gasteiger partial charge < -0.3 is 24.8 Å². The summed E-state index contributed by atoms with van der Waals surface area (Å²) in [5.74, 6) is 2.33. The van der Waals surface area contributed by atoms with Gasteiger partial charge in [0, 0.05) is 33.4 Å². The Morgan fingerprint density at radius 2 is 1.76 bits per heavy atom. The number of unbranched alkanes of at least 4 members (excludes halogenated alkanes) is 1. The van der Waals surface area contributed by atoms with Gasteiger partial charge in [0.25, 0.3) is 0 Å². The fourth-order valence-corrected chi connectivity index (χ4v) is 2.26. The van der Waals surface area contributed by atoms with Crippen LogP contribution in [0, 0.1) is 0 Å². The summed E-state index contributed by atoms with van der Waals surface area (Å²) in [7, 11) is 5.08. The SMILES string of the molecule is CCOCCCCNC(=NC)NCCc1ccc(OC)c(OC)c1.I. The van der Waals surface area contributed by atoms with E-state index in [-0.39, 0.29) is 24.0 Å². The highest BCUT2D eigenvalue weighted by Crippen LogP contribution is 2.27. The van der Waals surface area contributed by atoms with Crippen LogP contribution in [0.3, 0.4) is 0 Å². The van der Waals surface area contributed by atoms with Crippen molar-refractivity contribution in [2.75, 3.05) is 47.6 Å². The molecule has 0 aliphatic carbocycles. The van der Waals surface area contributed by atoms with Crippen LogP contribution in [-0.4, -0.2) is 53.5 Å². The van der Waals surface area contributed by atoms with Gasteiger partial charge in [-0.05, 0) is 43.9 Å². The van der Waals surface area contributed by atoms with Crippen molar-refractivity contribution in [3.05, 3.63) is 23.8 Å². The Kier molecular flexibility index (Phi) is 14.3. The van der Waals surface area contributed by atoms with E-state index in [0.29, 0.717) is 0 Å². The van der Waals surface area contributed by atoms with Crippen molar-refractivity contribution >= 4 is 29.9 Å². The van der Waals surface area contributed by atoms with E-state index in [0.717, 1.165) is 63.0 Å². The van der Waals surface area contributed by atoms with Crippen molar-refractivity contribution in [3.63, 3.8) is 0 Å². The van der Waals surface area contributed by atoms with Crippen LogP contribution in [0.2, 0.25) is 0 Å². The van der Waals surface area contributed by atoms with Crippen LogP contribution in [-0.2, 0) is 11.2 Å². The number of aliphatic imine (C=N–C) groups is 1. The minimum Gasteiger partial charge on any atom is -0.493 e. The van der Waals surface area contributed by atoms with E-state index in [1.807, 2.05) is 25.1 Å². The molecule has 0 bridgehead atoms. The Hall–Kier alpha value is -1.22. The van der Waals surface area contributed by atoms with E-state index >= 15 is 0 Å². The second-order valence-corrected chi connectivity index (χ2v) is 5.27. The summed E-state index contributed by atoms with van der Waals surface area (Å²) in [4.78, 5) is 4.23. The van der Waals surface area contributed by atoms with E-state index in [2.05, 4.69) is 15.6 Å². The molecule has 144 valence electrons. The van der Waals surface area contributed by atoms with Gasteiger partial charge in [0.2, 0.25) is 0 Å².